The Balaban J connectivity index is 1.89. The Kier molecular flexibility index (Phi) is 5.01. The van der Waals surface area contributed by atoms with E-state index in [9.17, 15) is 4.79 Å². The van der Waals surface area contributed by atoms with Crippen LogP contribution < -0.4 is 5.73 Å². The number of hydrogen-bond donors (Lipinski definition) is 1. The molecule has 0 aromatic rings. The first-order valence-corrected chi connectivity index (χ1v) is 7.37. The molecule has 104 valence electrons. The molecular formula is C14H26N2O2. The third-order valence-electron chi connectivity index (χ3n) is 4.21. The maximum absolute atomic E-state index is 11.9. The summed E-state index contributed by atoms with van der Waals surface area (Å²) in [6.07, 6.45) is 7.43. The number of likely N-dealkylation sites (tertiary alicyclic amines) is 1. The number of carbonyl (C=O) groups is 1. The van der Waals surface area contributed by atoms with Crippen molar-refractivity contribution in [2.24, 2.45) is 11.7 Å². The molecule has 18 heavy (non-hydrogen) atoms. The molecule has 1 saturated carbocycles. The van der Waals surface area contributed by atoms with Crippen LogP contribution in [0.4, 0.5) is 0 Å². The van der Waals surface area contributed by atoms with Gasteiger partial charge < -0.3 is 10.5 Å². The second-order valence-electron chi connectivity index (χ2n) is 5.72. The zero-order valence-corrected chi connectivity index (χ0v) is 11.4. The van der Waals surface area contributed by atoms with Crippen molar-refractivity contribution in [1.29, 1.82) is 0 Å². The first kappa shape index (κ1) is 13.8. The fourth-order valence-electron chi connectivity index (χ4n) is 3.33. The summed E-state index contributed by atoms with van der Waals surface area (Å²) in [5.74, 6) is 0.669. The molecule has 4 heteroatoms. The smallest absolute Gasteiger partial charge is 0.323 e. The maximum Gasteiger partial charge on any atom is 0.323 e. The van der Waals surface area contributed by atoms with Gasteiger partial charge in [0, 0.05) is 19.1 Å². The van der Waals surface area contributed by atoms with Gasteiger partial charge >= 0.3 is 5.97 Å². The maximum atomic E-state index is 11.9. The second-order valence-corrected chi connectivity index (χ2v) is 5.72. The van der Waals surface area contributed by atoms with Crippen LogP contribution in [0.25, 0.3) is 0 Å². The zero-order chi connectivity index (χ0) is 13.0. The summed E-state index contributed by atoms with van der Waals surface area (Å²) in [4.78, 5) is 14.2. The molecule has 2 rings (SSSR count). The Morgan fingerprint density at radius 1 is 1.33 bits per heavy atom. The van der Waals surface area contributed by atoms with Crippen LogP contribution in [0.2, 0.25) is 0 Å². The van der Waals surface area contributed by atoms with Crippen LogP contribution in [0.5, 0.6) is 0 Å². The van der Waals surface area contributed by atoms with Crippen molar-refractivity contribution in [3.05, 3.63) is 0 Å². The lowest BCUT2D eigenvalue weighted by atomic mass is 9.89. The summed E-state index contributed by atoms with van der Waals surface area (Å²) in [7, 11) is 0. The lowest BCUT2D eigenvalue weighted by molar-refractivity contribution is -0.148. The van der Waals surface area contributed by atoms with Gasteiger partial charge in [0.1, 0.15) is 6.04 Å². The van der Waals surface area contributed by atoms with E-state index < -0.39 is 0 Å². The van der Waals surface area contributed by atoms with Crippen LogP contribution in [0.1, 0.15) is 45.4 Å². The number of ether oxygens (including phenoxy) is 1. The molecule has 1 saturated heterocycles. The molecule has 1 heterocycles. The molecule has 0 aromatic carbocycles. The monoisotopic (exact) mass is 254 g/mol. The Labute approximate surface area is 110 Å². The summed E-state index contributed by atoms with van der Waals surface area (Å²) in [5, 5.41) is 0. The van der Waals surface area contributed by atoms with Crippen molar-refractivity contribution in [3.8, 4) is 0 Å². The summed E-state index contributed by atoms with van der Waals surface area (Å²) in [6, 6.07) is 0.0323. The molecule has 0 spiro atoms. The Morgan fingerprint density at radius 2 is 2.06 bits per heavy atom. The van der Waals surface area contributed by atoms with Crippen LogP contribution in [0, 0.1) is 5.92 Å². The standard InChI is InChI=1S/C14H26N2O2/c1-2-18-14(17)13-8-12(15)10-16(13)9-11-6-4-3-5-7-11/h11-13H,2-10,15H2,1H3. The Hall–Kier alpha value is -0.610. The van der Waals surface area contributed by atoms with Crippen LogP contribution in [0.3, 0.4) is 0 Å². The normalized spacial score (nSPS) is 30.6. The molecule has 1 aliphatic carbocycles. The van der Waals surface area contributed by atoms with Crippen molar-refractivity contribution in [3.63, 3.8) is 0 Å². The molecule has 0 radical (unpaired) electrons. The van der Waals surface area contributed by atoms with E-state index in [0.29, 0.717) is 6.61 Å². The van der Waals surface area contributed by atoms with E-state index in [1.54, 1.807) is 0 Å². The van der Waals surface area contributed by atoms with E-state index in [2.05, 4.69) is 4.90 Å². The van der Waals surface area contributed by atoms with Gasteiger partial charge in [-0.15, -0.1) is 0 Å². The average molecular weight is 254 g/mol. The number of nitrogens with two attached hydrogens (primary N) is 1. The van der Waals surface area contributed by atoms with E-state index >= 15 is 0 Å². The molecular weight excluding hydrogens is 228 g/mol. The molecule has 2 aliphatic rings. The van der Waals surface area contributed by atoms with Crippen LogP contribution in [-0.2, 0) is 9.53 Å². The minimum absolute atomic E-state index is 0.0822. The van der Waals surface area contributed by atoms with Gasteiger partial charge in [0.2, 0.25) is 0 Å². The highest BCUT2D eigenvalue weighted by Gasteiger charge is 2.37. The van der Waals surface area contributed by atoms with Gasteiger partial charge in [0.15, 0.2) is 0 Å². The summed E-state index contributed by atoms with van der Waals surface area (Å²) in [5.41, 5.74) is 6.01. The summed E-state index contributed by atoms with van der Waals surface area (Å²) in [6.45, 7) is 4.19. The minimum atomic E-state index is -0.0955. The number of nitrogens with zero attached hydrogens (tertiary/aromatic N) is 1. The molecule has 0 bridgehead atoms. The Morgan fingerprint density at radius 3 is 2.72 bits per heavy atom. The highest BCUT2D eigenvalue weighted by atomic mass is 16.5. The second kappa shape index (κ2) is 6.53. The number of hydrogen-bond acceptors (Lipinski definition) is 4. The van der Waals surface area contributed by atoms with Crippen LogP contribution >= 0.6 is 0 Å². The number of esters is 1. The molecule has 0 aromatic heterocycles. The van der Waals surface area contributed by atoms with Crippen molar-refractivity contribution in [2.75, 3.05) is 19.7 Å². The largest absolute Gasteiger partial charge is 0.465 e. The highest BCUT2D eigenvalue weighted by Crippen LogP contribution is 2.27. The summed E-state index contributed by atoms with van der Waals surface area (Å²) >= 11 is 0. The molecule has 2 atom stereocenters. The van der Waals surface area contributed by atoms with E-state index in [1.165, 1.54) is 32.1 Å². The highest BCUT2D eigenvalue weighted by molar-refractivity contribution is 5.76. The SMILES string of the molecule is CCOC(=O)C1CC(N)CN1CC1CCCCC1. The van der Waals surface area contributed by atoms with E-state index in [1.807, 2.05) is 6.92 Å². The van der Waals surface area contributed by atoms with Crippen molar-refractivity contribution >= 4 is 5.97 Å². The van der Waals surface area contributed by atoms with Crippen LogP contribution in [-0.4, -0.2) is 42.6 Å². The predicted molar refractivity (Wildman–Crippen MR) is 71.2 cm³/mol. The van der Waals surface area contributed by atoms with Gasteiger partial charge in [-0.05, 0) is 32.1 Å². The van der Waals surface area contributed by atoms with Crippen LogP contribution in [0.15, 0.2) is 0 Å². The molecule has 4 nitrogen and oxygen atoms in total. The Bertz CT molecular complexity index is 277. The quantitative estimate of drug-likeness (QED) is 0.773. The summed E-state index contributed by atoms with van der Waals surface area (Å²) < 4.78 is 5.16. The number of carbonyl (C=O) groups excluding carboxylic acids is 1. The number of rotatable bonds is 4. The van der Waals surface area contributed by atoms with Crippen molar-refractivity contribution in [2.45, 2.75) is 57.5 Å². The van der Waals surface area contributed by atoms with Gasteiger partial charge in [-0.2, -0.15) is 0 Å². The molecule has 1 aliphatic heterocycles. The van der Waals surface area contributed by atoms with E-state index in [4.69, 9.17) is 10.5 Å². The van der Waals surface area contributed by atoms with Gasteiger partial charge in [-0.25, -0.2) is 0 Å². The fourth-order valence-corrected chi connectivity index (χ4v) is 3.33. The third-order valence-corrected chi connectivity index (χ3v) is 4.21. The molecule has 2 N–H and O–H groups in total. The molecule has 0 amide bonds. The van der Waals surface area contributed by atoms with Gasteiger partial charge in [0.25, 0.3) is 0 Å². The lowest BCUT2D eigenvalue weighted by Crippen LogP contribution is -2.40. The molecule has 2 fully saturated rings. The predicted octanol–water partition coefficient (Wildman–Crippen LogP) is 1.53. The average Bonchev–Trinajstić information content (AvgIpc) is 2.72. The van der Waals surface area contributed by atoms with Gasteiger partial charge in [-0.1, -0.05) is 19.3 Å². The first-order chi connectivity index (χ1) is 8.70. The lowest BCUT2D eigenvalue weighted by Gasteiger charge is -2.29. The zero-order valence-electron chi connectivity index (χ0n) is 11.4. The van der Waals surface area contributed by atoms with E-state index in [0.717, 1.165) is 25.4 Å². The fraction of sp³-hybridized carbons (Fsp3) is 0.929. The first-order valence-electron chi connectivity index (χ1n) is 7.37. The van der Waals surface area contributed by atoms with Gasteiger partial charge in [0.05, 0.1) is 6.61 Å². The van der Waals surface area contributed by atoms with Gasteiger partial charge in [-0.3, -0.25) is 9.69 Å². The minimum Gasteiger partial charge on any atom is -0.465 e. The van der Waals surface area contributed by atoms with Crippen molar-refractivity contribution < 1.29 is 9.53 Å². The molecule has 2 unspecified atom stereocenters. The van der Waals surface area contributed by atoms with Crippen molar-refractivity contribution in [1.82, 2.24) is 4.90 Å². The van der Waals surface area contributed by atoms with E-state index in [-0.39, 0.29) is 18.1 Å². The topological polar surface area (TPSA) is 55.6 Å². The third kappa shape index (κ3) is 3.45.